The number of Topliss-reactive ketones (excluding diaryl/α,β-unsaturated/α-hetero) is 1. The fraction of sp³-hybridized carbons (Fsp3) is 0.200. The van der Waals surface area contributed by atoms with E-state index in [2.05, 4.69) is 0 Å². The third-order valence-corrected chi connectivity index (χ3v) is 4.65. The molecule has 1 aliphatic heterocycles. The van der Waals surface area contributed by atoms with E-state index in [0.29, 0.717) is 11.9 Å². The summed E-state index contributed by atoms with van der Waals surface area (Å²) in [6, 6.07) is 14.9. The molecule has 0 atom stereocenters. The van der Waals surface area contributed by atoms with Crippen molar-refractivity contribution in [2.45, 2.75) is 25.8 Å². The third kappa shape index (κ3) is 2.22. The van der Waals surface area contributed by atoms with Crippen LogP contribution in [0, 0.1) is 0 Å². The Kier molecular flexibility index (Phi) is 3.45. The van der Waals surface area contributed by atoms with Gasteiger partial charge in [-0.2, -0.15) is 0 Å². The SMILES string of the molecule is O=C(Cc1ccccc1)c1c(O)c2cccc3c2n(c1=O)CCC3. The van der Waals surface area contributed by atoms with E-state index in [-0.39, 0.29) is 29.1 Å². The van der Waals surface area contributed by atoms with E-state index in [0.717, 1.165) is 29.5 Å². The van der Waals surface area contributed by atoms with Crippen molar-refractivity contribution in [3.8, 4) is 5.75 Å². The largest absolute Gasteiger partial charge is 0.506 e. The van der Waals surface area contributed by atoms with Gasteiger partial charge in [-0.15, -0.1) is 0 Å². The molecule has 0 saturated carbocycles. The molecule has 0 saturated heterocycles. The summed E-state index contributed by atoms with van der Waals surface area (Å²) in [5, 5.41) is 11.2. The minimum Gasteiger partial charge on any atom is -0.506 e. The van der Waals surface area contributed by atoms with Crippen LogP contribution in [-0.2, 0) is 19.4 Å². The molecular formula is C20H17NO3. The van der Waals surface area contributed by atoms with E-state index < -0.39 is 0 Å². The van der Waals surface area contributed by atoms with Crippen molar-refractivity contribution in [1.82, 2.24) is 4.57 Å². The van der Waals surface area contributed by atoms with Crippen molar-refractivity contribution in [2.75, 3.05) is 0 Å². The number of hydrogen-bond donors (Lipinski definition) is 1. The van der Waals surface area contributed by atoms with Gasteiger partial charge in [0.05, 0.1) is 5.52 Å². The number of benzene rings is 2. The molecule has 4 nitrogen and oxygen atoms in total. The van der Waals surface area contributed by atoms with Crippen LogP contribution in [0.5, 0.6) is 5.75 Å². The van der Waals surface area contributed by atoms with Gasteiger partial charge in [0, 0.05) is 18.4 Å². The lowest BCUT2D eigenvalue weighted by Crippen LogP contribution is -2.30. The van der Waals surface area contributed by atoms with Gasteiger partial charge in [-0.05, 0) is 30.0 Å². The van der Waals surface area contributed by atoms with Crippen LogP contribution in [0.15, 0.2) is 53.3 Å². The Hall–Kier alpha value is -2.88. The Labute approximate surface area is 139 Å². The van der Waals surface area contributed by atoms with Crippen molar-refractivity contribution < 1.29 is 9.90 Å². The van der Waals surface area contributed by atoms with E-state index in [4.69, 9.17) is 0 Å². The number of aromatic nitrogens is 1. The van der Waals surface area contributed by atoms with E-state index in [9.17, 15) is 14.7 Å². The minimum atomic E-state index is -0.381. The van der Waals surface area contributed by atoms with Gasteiger partial charge in [0.2, 0.25) is 0 Å². The second-order valence-corrected chi connectivity index (χ2v) is 6.18. The van der Waals surface area contributed by atoms with Crippen molar-refractivity contribution in [2.24, 2.45) is 0 Å². The zero-order valence-electron chi connectivity index (χ0n) is 13.2. The van der Waals surface area contributed by atoms with Crippen molar-refractivity contribution in [3.05, 3.63) is 75.6 Å². The molecule has 0 bridgehead atoms. The van der Waals surface area contributed by atoms with Gasteiger partial charge in [0.1, 0.15) is 11.3 Å². The highest BCUT2D eigenvalue weighted by Crippen LogP contribution is 2.32. The number of hydrogen-bond acceptors (Lipinski definition) is 3. The molecule has 1 aliphatic rings. The molecule has 0 aliphatic carbocycles. The predicted molar refractivity (Wildman–Crippen MR) is 92.7 cm³/mol. The lowest BCUT2D eigenvalue weighted by Gasteiger charge is -2.21. The standard InChI is InChI=1S/C20H17NO3/c22-16(12-13-6-2-1-3-7-13)17-19(23)15-10-4-8-14-9-5-11-21(18(14)15)20(17)24/h1-4,6-8,10,23H,5,9,11-12H2. The molecule has 120 valence electrons. The maximum atomic E-state index is 12.8. The van der Waals surface area contributed by atoms with Crippen LogP contribution in [0.25, 0.3) is 10.9 Å². The smallest absolute Gasteiger partial charge is 0.265 e. The van der Waals surface area contributed by atoms with Gasteiger partial charge < -0.3 is 9.67 Å². The molecule has 1 N–H and O–H groups in total. The number of nitrogens with zero attached hydrogens (tertiary/aromatic N) is 1. The summed E-state index contributed by atoms with van der Waals surface area (Å²) in [7, 11) is 0. The zero-order valence-corrected chi connectivity index (χ0v) is 13.2. The van der Waals surface area contributed by atoms with Crippen LogP contribution >= 0.6 is 0 Å². The summed E-state index contributed by atoms with van der Waals surface area (Å²) in [6.45, 7) is 0.582. The number of para-hydroxylation sites is 1. The first-order chi connectivity index (χ1) is 11.7. The quantitative estimate of drug-likeness (QED) is 0.755. The Morgan fingerprint density at radius 1 is 1.08 bits per heavy atom. The van der Waals surface area contributed by atoms with Gasteiger partial charge in [-0.25, -0.2) is 0 Å². The molecule has 0 radical (unpaired) electrons. The maximum Gasteiger partial charge on any atom is 0.265 e. The average molecular weight is 319 g/mol. The fourth-order valence-corrected chi connectivity index (χ4v) is 3.54. The molecule has 4 rings (SSSR count). The molecule has 24 heavy (non-hydrogen) atoms. The fourth-order valence-electron chi connectivity index (χ4n) is 3.54. The van der Waals surface area contributed by atoms with Crippen LogP contribution in [0.1, 0.15) is 27.9 Å². The molecule has 4 heteroatoms. The second kappa shape index (κ2) is 5.64. The number of aromatic hydroxyl groups is 1. The molecule has 1 aromatic heterocycles. The Balaban J connectivity index is 1.91. The van der Waals surface area contributed by atoms with Crippen molar-refractivity contribution in [1.29, 1.82) is 0 Å². The minimum absolute atomic E-state index is 0.0922. The first-order valence-electron chi connectivity index (χ1n) is 8.11. The molecule has 0 unspecified atom stereocenters. The molecule has 2 aromatic carbocycles. The number of carbonyl (C=O) groups is 1. The molecule has 0 fully saturated rings. The summed E-state index contributed by atoms with van der Waals surface area (Å²) >= 11 is 0. The van der Waals surface area contributed by atoms with E-state index in [1.54, 1.807) is 10.6 Å². The van der Waals surface area contributed by atoms with E-state index in [1.807, 2.05) is 42.5 Å². The zero-order chi connectivity index (χ0) is 16.7. The van der Waals surface area contributed by atoms with Crippen LogP contribution < -0.4 is 5.56 Å². The molecule has 0 spiro atoms. The molecule has 3 aromatic rings. The highest BCUT2D eigenvalue weighted by Gasteiger charge is 2.24. The van der Waals surface area contributed by atoms with Crippen LogP contribution in [-0.4, -0.2) is 15.5 Å². The highest BCUT2D eigenvalue weighted by atomic mass is 16.3. The normalized spacial score (nSPS) is 13.2. The van der Waals surface area contributed by atoms with Gasteiger partial charge in [0.15, 0.2) is 5.78 Å². The Morgan fingerprint density at radius 3 is 2.67 bits per heavy atom. The number of rotatable bonds is 3. The molecule has 0 amide bonds. The van der Waals surface area contributed by atoms with E-state index >= 15 is 0 Å². The van der Waals surface area contributed by atoms with Gasteiger partial charge in [0.25, 0.3) is 5.56 Å². The summed E-state index contributed by atoms with van der Waals surface area (Å²) in [4.78, 5) is 25.5. The highest BCUT2D eigenvalue weighted by molar-refractivity contribution is 6.04. The van der Waals surface area contributed by atoms with Crippen LogP contribution in [0.4, 0.5) is 0 Å². The number of ketones is 1. The van der Waals surface area contributed by atoms with Crippen LogP contribution in [0.2, 0.25) is 0 Å². The molecular weight excluding hydrogens is 302 g/mol. The van der Waals surface area contributed by atoms with Gasteiger partial charge in [-0.3, -0.25) is 9.59 Å². The number of pyridine rings is 1. The van der Waals surface area contributed by atoms with Crippen molar-refractivity contribution in [3.63, 3.8) is 0 Å². The summed E-state index contributed by atoms with van der Waals surface area (Å²) in [5.74, 6) is -0.527. The van der Waals surface area contributed by atoms with Gasteiger partial charge in [-0.1, -0.05) is 42.5 Å². The number of aryl methyl sites for hydroxylation is 2. The molecule has 2 heterocycles. The third-order valence-electron chi connectivity index (χ3n) is 4.65. The average Bonchev–Trinajstić information content (AvgIpc) is 2.60. The van der Waals surface area contributed by atoms with E-state index in [1.165, 1.54) is 0 Å². The maximum absolute atomic E-state index is 12.8. The lowest BCUT2D eigenvalue weighted by molar-refractivity contribution is 0.0988. The Bertz CT molecular complexity index is 1000. The van der Waals surface area contributed by atoms with Crippen molar-refractivity contribution >= 4 is 16.7 Å². The predicted octanol–water partition coefficient (Wildman–Crippen LogP) is 3.08. The summed E-state index contributed by atoms with van der Waals surface area (Å²) in [5.41, 5.74) is 2.17. The van der Waals surface area contributed by atoms with Crippen LogP contribution in [0.3, 0.4) is 0 Å². The topological polar surface area (TPSA) is 59.3 Å². The summed E-state index contributed by atoms with van der Waals surface area (Å²) < 4.78 is 1.64. The first-order valence-corrected chi connectivity index (χ1v) is 8.11. The Morgan fingerprint density at radius 2 is 1.88 bits per heavy atom. The first kappa shape index (κ1) is 14.7. The monoisotopic (exact) mass is 319 g/mol. The van der Waals surface area contributed by atoms with Gasteiger partial charge >= 0.3 is 0 Å². The lowest BCUT2D eigenvalue weighted by atomic mass is 9.96. The summed E-state index contributed by atoms with van der Waals surface area (Å²) in [6.07, 6.45) is 1.85. The number of carbonyl (C=O) groups excluding carboxylic acids is 1. The second-order valence-electron chi connectivity index (χ2n) is 6.18.